The van der Waals surface area contributed by atoms with Crippen molar-refractivity contribution in [3.05, 3.63) is 65.2 Å². The molecule has 112 valence electrons. The normalized spacial score (nSPS) is 13.1. The first-order valence-electron chi connectivity index (χ1n) is 6.29. The Morgan fingerprint density at radius 1 is 1.10 bits per heavy atom. The molecular formula is C15H15F2NO2S. The summed E-state index contributed by atoms with van der Waals surface area (Å²) in [6.07, 6.45) is 0. The molecule has 21 heavy (non-hydrogen) atoms. The SMILES string of the molecule is Cc1ccc(C(N)CS(=O)(=O)c2ccc(F)cc2F)cc1. The van der Waals surface area contributed by atoms with E-state index in [0.29, 0.717) is 11.6 Å². The highest BCUT2D eigenvalue weighted by atomic mass is 32.2. The van der Waals surface area contributed by atoms with Crippen molar-refractivity contribution >= 4 is 9.84 Å². The summed E-state index contributed by atoms with van der Waals surface area (Å²) in [4.78, 5) is -0.536. The second kappa shape index (κ2) is 5.91. The lowest BCUT2D eigenvalue weighted by Crippen LogP contribution is -2.22. The van der Waals surface area contributed by atoms with Crippen LogP contribution < -0.4 is 5.73 Å². The van der Waals surface area contributed by atoms with Gasteiger partial charge >= 0.3 is 0 Å². The standard InChI is InChI=1S/C15H15F2NO2S/c1-10-2-4-11(5-3-10)14(18)9-21(19,20)15-7-6-12(16)8-13(15)17/h2-8,14H,9,18H2,1H3. The molecule has 2 rings (SSSR count). The maximum absolute atomic E-state index is 13.6. The van der Waals surface area contributed by atoms with Crippen LogP contribution in [-0.4, -0.2) is 14.2 Å². The Bertz CT molecular complexity index is 743. The first kappa shape index (κ1) is 15.6. The fraction of sp³-hybridized carbons (Fsp3) is 0.200. The number of halogens is 2. The number of rotatable bonds is 4. The van der Waals surface area contributed by atoms with E-state index in [2.05, 4.69) is 0 Å². The largest absolute Gasteiger partial charge is 0.323 e. The molecule has 2 aromatic carbocycles. The fourth-order valence-electron chi connectivity index (χ4n) is 1.96. The van der Waals surface area contributed by atoms with Crippen molar-refractivity contribution in [2.24, 2.45) is 5.73 Å². The van der Waals surface area contributed by atoms with Crippen LogP contribution in [0.2, 0.25) is 0 Å². The third-order valence-corrected chi connectivity index (χ3v) is 4.93. The smallest absolute Gasteiger partial charge is 0.183 e. The first-order chi connectivity index (χ1) is 9.79. The molecule has 0 aliphatic carbocycles. The van der Waals surface area contributed by atoms with Crippen molar-refractivity contribution in [2.45, 2.75) is 17.9 Å². The zero-order chi connectivity index (χ0) is 15.6. The van der Waals surface area contributed by atoms with Gasteiger partial charge < -0.3 is 5.73 Å². The Labute approximate surface area is 122 Å². The Kier molecular flexibility index (Phi) is 4.39. The van der Waals surface area contributed by atoms with E-state index in [1.54, 1.807) is 12.1 Å². The second-order valence-corrected chi connectivity index (χ2v) is 6.88. The monoisotopic (exact) mass is 311 g/mol. The van der Waals surface area contributed by atoms with E-state index in [-0.39, 0.29) is 0 Å². The summed E-state index contributed by atoms with van der Waals surface area (Å²) in [6.45, 7) is 1.90. The minimum absolute atomic E-state index is 0.446. The first-order valence-corrected chi connectivity index (χ1v) is 7.95. The van der Waals surface area contributed by atoms with Crippen molar-refractivity contribution in [1.82, 2.24) is 0 Å². The van der Waals surface area contributed by atoms with Crippen LogP contribution in [0.3, 0.4) is 0 Å². The molecule has 1 atom stereocenters. The maximum atomic E-state index is 13.6. The third kappa shape index (κ3) is 3.65. The van der Waals surface area contributed by atoms with Gasteiger partial charge in [0.05, 0.1) is 5.75 Å². The second-order valence-electron chi connectivity index (χ2n) is 4.87. The minimum atomic E-state index is -3.93. The Morgan fingerprint density at radius 2 is 1.71 bits per heavy atom. The van der Waals surface area contributed by atoms with Gasteiger partial charge in [0.25, 0.3) is 0 Å². The lowest BCUT2D eigenvalue weighted by Gasteiger charge is -2.13. The fourth-order valence-corrected chi connectivity index (χ4v) is 3.44. The summed E-state index contributed by atoms with van der Waals surface area (Å²) in [5, 5.41) is 0. The Morgan fingerprint density at radius 3 is 2.29 bits per heavy atom. The van der Waals surface area contributed by atoms with Crippen molar-refractivity contribution in [1.29, 1.82) is 0 Å². The van der Waals surface area contributed by atoms with Gasteiger partial charge in [-0.1, -0.05) is 29.8 Å². The number of aryl methyl sites for hydroxylation is 1. The van der Waals surface area contributed by atoms with Crippen molar-refractivity contribution < 1.29 is 17.2 Å². The average Bonchev–Trinajstić information content (AvgIpc) is 2.38. The molecular weight excluding hydrogens is 296 g/mol. The predicted octanol–water partition coefficient (Wildman–Crippen LogP) is 2.75. The molecule has 0 bridgehead atoms. The highest BCUT2D eigenvalue weighted by Gasteiger charge is 2.23. The van der Waals surface area contributed by atoms with E-state index in [9.17, 15) is 17.2 Å². The number of hydrogen-bond donors (Lipinski definition) is 1. The van der Waals surface area contributed by atoms with Gasteiger partial charge in [-0.05, 0) is 24.6 Å². The molecule has 0 spiro atoms. The zero-order valence-electron chi connectivity index (χ0n) is 11.4. The van der Waals surface area contributed by atoms with Gasteiger partial charge in [-0.25, -0.2) is 17.2 Å². The molecule has 0 aliphatic heterocycles. The van der Waals surface area contributed by atoms with Crippen LogP contribution in [0.1, 0.15) is 17.2 Å². The summed E-state index contributed by atoms with van der Waals surface area (Å²) in [5.74, 6) is -2.38. The molecule has 0 saturated heterocycles. The lowest BCUT2D eigenvalue weighted by atomic mass is 10.1. The van der Waals surface area contributed by atoms with E-state index in [0.717, 1.165) is 17.7 Å². The van der Waals surface area contributed by atoms with E-state index >= 15 is 0 Å². The molecule has 6 heteroatoms. The van der Waals surface area contributed by atoms with E-state index in [1.807, 2.05) is 19.1 Å². The van der Waals surface area contributed by atoms with Crippen molar-refractivity contribution in [3.8, 4) is 0 Å². The van der Waals surface area contributed by atoms with Crippen LogP contribution in [-0.2, 0) is 9.84 Å². The van der Waals surface area contributed by atoms with Gasteiger partial charge in [-0.2, -0.15) is 0 Å². The van der Waals surface area contributed by atoms with Gasteiger partial charge in [-0.3, -0.25) is 0 Å². The molecule has 0 amide bonds. The van der Waals surface area contributed by atoms with Crippen LogP contribution in [0.15, 0.2) is 47.4 Å². The van der Waals surface area contributed by atoms with Gasteiger partial charge in [0.2, 0.25) is 0 Å². The molecule has 0 fully saturated rings. The van der Waals surface area contributed by atoms with Crippen molar-refractivity contribution in [2.75, 3.05) is 5.75 Å². The quantitative estimate of drug-likeness (QED) is 0.883. The molecule has 2 aromatic rings. The summed E-state index contributed by atoms with van der Waals surface area (Å²) < 4.78 is 50.8. The average molecular weight is 311 g/mol. The molecule has 0 radical (unpaired) electrons. The summed E-state index contributed by atoms with van der Waals surface area (Å²) in [6, 6.07) is 8.70. The molecule has 0 aromatic heterocycles. The number of benzene rings is 2. The van der Waals surface area contributed by atoms with E-state index in [4.69, 9.17) is 5.73 Å². The highest BCUT2D eigenvalue weighted by Crippen LogP contribution is 2.21. The van der Waals surface area contributed by atoms with Gasteiger partial charge in [0, 0.05) is 12.1 Å². The Hall–Kier alpha value is -1.79. The molecule has 1 unspecified atom stereocenters. The molecule has 0 saturated carbocycles. The van der Waals surface area contributed by atoms with Gasteiger partial charge in [0.15, 0.2) is 9.84 Å². The zero-order valence-corrected chi connectivity index (χ0v) is 12.2. The topological polar surface area (TPSA) is 60.2 Å². The van der Waals surface area contributed by atoms with Crippen molar-refractivity contribution in [3.63, 3.8) is 0 Å². The minimum Gasteiger partial charge on any atom is -0.323 e. The molecule has 0 heterocycles. The van der Waals surface area contributed by atoms with E-state index in [1.165, 1.54) is 0 Å². The van der Waals surface area contributed by atoms with Crippen LogP contribution in [0.25, 0.3) is 0 Å². The van der Waals surface area contributed by atoms with Crippen LogP contribution in [0, 0.1) is 18.6 Å². The summed E-state index contributed by atoms with van der Waals surface area (Å²) in [5.41, 5.74) is 7.54. The number of hydrogen-bond acceptors (Lipinski definition) is 3. The predicted molar refractivity (Wildman–Crippen MR) is 76.5 cm³/mol. The van der Waals surface area contributed by atoms with Crippen LogP contribution >= 0.6 is 0 Å². The lowest BCUT2D eigenvalue weighted by molar-refractivity contribution is 0.547. The van der Waals surface area contributed by atoms with E-state index < -0.39 is 38.2 Å². The van der Waals surface area contributed by atoms with Gasteiger partial charge in [0.1, 0.15) is 16.5 Å². The highest BCUT2D eigenvalue weighted by molar-refractivity contribution is 7.91. The van der Waals surface area contributed by atoms with Crippen LogP contribution in [0.4, 0.5) is 8.78 Å². The molecule has 3 nitrogen and oxygen atoms in total. The summed E-state index contributed by atoms with van der Waals surface area (Å²) in [7, 11) is -3.93. The Balaban J connectivity index is 2.26. The number of nitrogens with two attached hydrogens (primary N) is 1. The van der Waals surface area contributed by atoms with Crippen LogP contribution in [0.5, 0.6) is 0 Å². The summed E-state index contributed by atoms with van der Waals surface area (Å²) >= 11 is 0. The number of sulfone groups is 1. The third-order valence-electron chi connectivity index (χ3n) is 3.13. The molecule has 2 N–H and O–H groups in total. The maximum Gasteiger partial charge on any atom is 0.183 e. The van der Waals surface area contributed by atoms with Gasteiger partial charge in [-0.15, -0.1) is 0 Å². The molecule has 0 aliphatic rings.